The molecule has 0 fully saturated rings. The molecule has 2 atom stereocenters. The molecule has 2 aromatic rings. The second-order valence-corrected chi connectivity index (χ2v) is 4.71. The molecule has 0 spiro atoms. The van der Waals surface area contributed by atoms with Gasteiger partial charge in [-0.05, 0) is 11.6 Å². The Morgan fingerprint density at radius 3 is 2.62 bits per heavy atom. The molecule has 0 amide bonds. The van der Waals surface area contributed by atoms with Gasteiger partial charge >= 0.3 is 5.69 Å². The van der Waals surface area contributed by atoms with Crippen molar-refractivity contribution in [2.45, 2.75) is 12.3 Å². The number of hydrogen-bond donors (Lipinski definition) is 2. The van der Waals surface area contributed by atoms with Crippen molar-refractivity contribution in [2.24, 2.45) is 0 Å². The smallest absolute Gasteiger partial charge is 0.330 e. The zero-order valence-electron chi connectivity index (χ0n) is 11.1. The highest BCUT2D eigenvalue weighted by molar-refractivity contribution is 5.60. The average Bonchev–Trinajstić information content (AvgIpc) is 2.97. The minimum absolute atomic E-state index is 0.156. The summed E-state index contributed by atoms with van der Waals surface area (Å²) in [5.74, 6) is 0. The molecule has 6 heteroatoms. The lowest BCUT2D eigenvalue weighted by Gasteiger charge is -2.15. The van der Waals surface area contributed by atoms with E-state index in [-0.39, 0.29) is 6.61 Å². The molecule has 1 aliphatic heterocycles. The summed E-state index contributed by atoms with van der Waals surface area (Å²) in [6.45, 7) is -0.156. The molecule has 0 unspecified atom stereocenters. The van der Waals surface area contributed by atoms with Crippen LogP contribution in [0.2, 0.25) is 0 Å². The molecule has 0 radical (unpaired) electrons. The van der Waals surface area contributed by atoms with Crippen LogP contribution in [0.25, 0.3) is 11.1 Å². The molecule has 0 aliphatic carbocycles. The van der Waals surface area contributed by atoms with E-state index in [2.05, 4.69) is 4.98 Å². The third kappa shape index (κ3) is 2.58. The fourth-order valence-corrected chi connectivity index (χ4v) is 2.25. The number of hydrogen-bond acceptors (Lipinski definition) is 4. The number of aliphatic hydroxyl groups is 1. The number of benzene rings is 1. The SMILES string of the molecule is O=c1[nH]c(=O)n([C@H]2C=C[C@@H](CO)O2)cc1-c1ccccc1. The van der Waals surface area contributed by atoms with Gasteiger partial charge in [-0.25, -0.2) is 4.79 Å². The third-order valence-corrected chi connectivity index (χ3v) is 3.31. The Hall–Kier alpha value is -2.44. The van der Waals surface area contributed by atoms with Crippen LogP contribution in [-0.2, 0) is 4.74 Å². The average molecular weight is 286 g/mol. The van der Waals surface area contributed by atoms with Crippen LogP contribution in [0.4, 0.5) is 0 Å². The third-order valence-electron chi connectivity index (χ3n) is 3.31. The molecule has 2 N–H and O–H groups in total. The van der Waals surface area contributed by atoms with Crippen molar-refractivity contribution < 1.29 is 9.84 Å². The van der Waals surface area contributed by atoms with Crippen molar-refractivity contribution >= 4 is 0 Å². The first-order valence-electron chi connectivity index (χ1n) is 6.54. The molecule has 0 bridgehead atoms. The predicted octanol–water partition coefficient (Wildman–Crippen LogP) is 0.649. The molecule has 108 valence electrons. The van der Waals surface area contributed by atoms with Crippen molar-refractivity contribution in [1.29, 1.82) is 0 Å². The van der Waals surface area contributed by atoms with Crippen LogP contribution in [0.1, 0.15) is 6.23 Å². The van der Waals surface area contributed by atoms with Crippen molar-refractivity contribution in [3.63, 3.8) is 0 Å². The minimum atomic E-state index is -0.631. The van der Waals surface area contributed by atoms with Gasteiger partial charge in [0.1, 0.15) is 6.10 Å². The van der Waals surface area contributed by atoms with Gasteiger partial charge in [-0.15, -0.1) is 0 Å². The van der Waals surface area contributed by atoms with Crippen LogP contribution in [0, 0.1) is 0 Å². The van der Waals surface area contributed by atoms with E-state index in [0.29, 0.717) is 11.1 Å². The molecular weight excluding hydrogens is 272 g/mol. The summed E-state index contributed by atoms with van der Waals surface area (Å²) in [5, 5.41) is 9.06. The highest BCUT2D eigenvalue weighted by Gasteiger charge is 2.21. The van der Waals surface area contributed by atoms with E-state index in [4.69, 9.17) is 9.84 Å². The van der Waals surface area contributed by atoms with E-state index in [1.165, 1.54) is 10.8 Å². The summed E-state index contributed by atoms with van der Waals surface area (Å²) in [4.78, 5) is 26.2. The number of nitrogens with zero attached hydrogens (tertiary/aromatic N) is 1. The first-order chi connectivity index (χ1) is 10.2. The Morgan fingerprint density at radius 1 is 1.19 bits per heavy atom. The maximum Gasteiger partial charge on any atom is 0.330 e. The Labute approximate surface area is 119 Å². The first kappa shape index (κ1) is 13.5. The quantitative estimate of drug-likeness (QED) is 0.811. The molecule has 1 aliphatic rings. The van der Waals surface area contributed by atoms with Gasteiger partial charge in [0.05, 0.1) is 12.2 Å². The molecule has 1 aromatic carbocycles. The fourth-order valence-electron chi connectivity index (χ4n) is 2.25. The van der Waals surface area contributed by atoms with Crippen molar-refractivity contribution in [3.05, 3.63) is 69.5 Å². The number of H-pyrrole nitrogens is 1. The summed E-state index contributed by atoms with van der Waals surface area (Å²) < 4.78 is 6.79. The second-order valence-electron chi connectivity index (χ2n) is 4.71. The van der Waals surface area contributed by atoms with Gasteiger partial charge in [-0.1, -0.05) is 36.4 Å². The lowest BCUT2D eigenvalue weighted by Crippen LogP contribution is -2.33. The molecular formula is C15H14N2O4. The van der Waals surface area contributed by atoms with Gasteiger partial charge in [0.25, 0.3) is 5.56 Å². The van der Waals surface area contributed by atoms with Gasteiger partial charge in [0.2, 0.25) is 0 Å². The summed E-state index contributed by atoms with van der Waals surface area (Å²) in [7, 11) is 0. The first-order valence-corrected chi connectivity index (χ1v) is 6.54. The van der Waals surface area contributed by atoms with E-state index < -0.39 is 23.6 Å². The summed E-state index contributed by atoms with van der Waals surface area (Å²) in [5.41, 5.74) is 0.115. The van der Waals surface area contributed by atoms with Crippen molar-refractivity contribution in [1.82, 2.24) is 9.55 Å². The van der Waals surface area contributed by atoms with Gasteiger partial charge in [-0.3, -0.25) is 14.3 Å². The summed E-state index contributed by atoms with van der Waals surface area (Å²) in [6.07, 6.45) is 3.77. The lowest BCUT2D eigenvalue weighted by atomic mass is 10.1. The normalized spacial score (nSPS) is 20.8. The lowest BCUT2D eigenvalue weighted by molar-refractivity contribution is -0.0102. The van der Waals surface area contributed by atoms with Gasteiger partial charge in [-0.2, -0.15) is 0 Å². The van der Waals surface area contributed by atoms with Gasteiger partial charge in [0.15, 0.2) is 6.23 Å². The number of aliphatic hydroxyl groups excluding tert-OH is 1. The van der Waals surface area contributed by atoms with Crippen LogP contribution >= 0.6 is 0 Å². The van der Waals surface area contributed by atoms with Crippen LogP contribution in [0.3, 0.4) is 0 Å². The van der Waals surface area contributed by atoms with Gasteiger partial charge < -0.3 is 9.84 Å². The topological polar surface area (TPSA) is 84.3 Å². The molecule has 1 aromatic heterocycles. The molecule has 3 rings (SSSR count). The van der Waals surface area contributed by atoms with E-state index in [1.807, 2.05) is 18.2 Å². The zero-order valence-corrected chi connectivity index (χ0v) is 11.1. The highest BCUT2D eigenvalue weighted by atomic mass is 16.5. The van der Waals surface area contributed by atoms with E-state index in [9.17, 15) is 9.59 Å². The highest BCUT2D eigenvalue weighted by Crippen LogP contribution is 2.21. The Morgan fingerprint density at radius 2 is 1.95 bits per heavy atom. The van der Waals surface area contributed by atoms with Crippen molar-refractivity contribution in [3.8, 4) is 11.1 Å². The van der Waals surface area contributed by atoms with Crippen LogP contribution in [-0.4, -0.2) is 27.4 Å². The number of nitrogens with one attached hydrogen (secondary N) is 1. The molecule has 21 heavy (non-hydrogen) atoms. The Kier molecular flexibility index (Phi) is 3.55. The minimum Gasteiger partial charge on any atom is -0.393 e. The largest absolute Gasteiger partial charge is 0.393 e. The van der Waals surface area contributed by atoms with Crippen LogP contribution < -0.4 is 11.2 Å². The molecule has 0 saturated heterocycles. The number of aromatic nitrogens is 2. The second kappa shape index (κ2) is 5.51. The monoisotopic (exact) mass is 286 g/mol. The van der Waals surface area contributed by atoms with Crippen LogP contribution in [0.15, 0.2) is 58.3 Å². The zero-order chi connectivity index (χ0) is 14.8. The van der Waals surface area contributed by atoms with Crippen molar-refractivity contribution in [2.75, 3.05) is 6.61 Å². The number of rotatable bonds is 3. The van der Waals surface area contributed by atoms with E-state index in [1.54, 1.807) is 24.3 Å². The van der Waals surface area contributed by atoms with Crippen LogP contribution in [0.5, 0.6) is 0 Å². The summed E-state index contributed by atoms with van der Waals surface area (Å²) >= 11 is 0. The number of aromatic amines is 1. The standard InChI is InChI=1S/C15H14N2O4/c18-9-11-6-7-13(21-11)17-8-12(14(19)16-15(17)20)10-4-2-1-3-5-10/h1-8,11,13,18H,9H2,(H,16,19,20)/t11-,13+/m0/s1. The summed E-state index contributed by atoms with van der Waals surface area (Å²) in [6, 6.07) is 9.07. The molecule has 2 heterocycles. The van der Waals surface area contributed by atoms with E-state index in [0.717, 1.165) is 0 Å². The predicted molar refractivity (Wildman–Crippen MR) is 76.9 cm³/mol. The maximum absolute atomic E-state index is 12.0. The molecule has 6 nitrogen and oxygen atoms in total. The van der Waals surface area contributed by atoms with Gasteiger partial charge in [0, 0.05) is 6.20 Å². The Balaban J connectivity index is 2.05. The maximum atomic E-state index is 12.0. The molecule has 0 saturated carbocycles. The van der Waals surface area contributed by atoms with E-state index >= 15 is 0 Å². The Bertz CT molecular complexity index is 776. The number of ether oxygens (including phenoxy) is 1. The fraction of sp³-hybridized carbons (Fsp3) is 0.200.